The van der Waals surface area contributed by atoms with Gasteiger partial charge in [0.25, 0.3) is 0 Å². The number of fused-ring (bicyclic) bond motifs is 1. The Kier molecular flexibility index (Phi) is 1.32. The van der Waals surface area contributed by atoms with E-state index in [1.807, 2.05) is 13.0 Å². The molecule has 0 N–H and O–H groups in total. The standard InChI is InChI=1S/C8H6NOS/c1-5-6(10)2-3-7-8(5)9-4-11-7/h2-4H,1H3. The Morgan fingerprint density at radius 3 is 3.09 bits per heavy atom. The number of thiazole rings is 1. The average Bonchev–Trinajstić information content (AvgIpc) is 2.45. The Morgan fingerprint density at radius 1 is 1.45 bits per heavy atom. The minimum absolute atomic E-state index is 0.0726. The summed E-state index contributed by atoms with van der Waals surface area (Å²) in [6.45, 7) is 1.81. The molecule has 0 aliphatic rings. The predicted molar refractivity (Wildman–Crippen MR) is 44.5 cm³/mol. The molecule has 0 amide bonds. The molecule has 0 saturated carbocycles. The summed E-state index contributed by atoms with van der Waals surface area (Å²) in [6, 6.07) is 3.41. The molecule has 1 aromatic carbocycles. The molecule has 3 heteroatoms. The van der Waals surface area contributed by atoms with E-state index in [1.54, 1.807) is 22.9 Å². The van der Waals surface area contributed by atoms with Crippen molar-refractivity contribution in [1.82, 2.24) is 4.98 Å². The zero-order chi connectivity index (χ0) is 7.84. The van der Waals surface area contributed by atoms with Gasteiger partial charge < -0.3 is 0 Å². The summed E-state index contributed by atoms with van der Waals surface area (Å²) in [4.78, 5) is 4.10. The van der Waals surface area contributed by atoms with Crippen LogP contribution in [-0.4, -0.2) is 4.98 Å². The van der Waals surface area contributed by atoms with E-state index in [0.717, 1.165) is 15.8 Å². The number of hydrogen-bond donors (Lipinski definition) is 0. The lowest BCUT2D eigenvalue weighted by Crippen LogP contribution is -1.75. The minimum Gasteiger partial charge on any atom is -0.290 e. The largest absolute Gasteiger partial charge is 0.290 e. The van der Waals surface area contributed by atoms with Crippen LogP contribution in [0.5, 0.6) is 5.75 Å². The van der Waals surface area contributed by atoms with E-state index < -0.39 is 0 Å². The maximum atomic E-state index is 11.1. The number of nitrogens with zero attached hydrogens (tertiary/aromatic N) is 1. The lowest BCUT2D eigenvalue weighted by molar-refractivity contribution is 0.352. The Morgan fingerprint density at radius 2 is 2.27 bits per heavy atom. The lowest BCUT2D eigenvalue weighted by Gasteiger charge is -1.93. The fourth-order valence-corrected chi connectivity index (χ4v) is 1.78. The molecule has 0 bridgehead atoms. The van der Waals surface area contributed by atoms with Crippen molar-refractivity contribution in [3.05, 3.63) is 23.2 Å². The average molecular weight is 164 g/mol. The Hall–Kier alpha value is -1.09. The highest BCUT2D eigenvalue weighted by Gasteiger charge is 2.04. The van der Waals surface area contributed by atoms with E-state index in [2.05, 4.69) is 4.98 Å². The van der Waals surface area contributed by atoms with Gasteiger partial charge in [0, 0.05) is 5.56 Å². The third-order valence-corrected chi connectivity index (χ3v) is 2.50. The summed E-state index contributed by atoms with van der Waals surface area (Å²) < 4.78 is 1.09. The summed E-state index contributed by atoms with van der Waals surface area (Å²) in [7, 11) is 0. The normalized spacial score (nSPS) is 10.6. The van der Waals surface area contributed by atoms with E-state index in [9.17, 15) is 5.11 Å². The third kappa shape index (κ3) is 0.886. The number of aromatic nitrogens is 1. The fraction of sp³-hybridized carbons (Fsp3) is 0.125. The van der Waals surface area contributed by atoms with Crippen LogP contribution in [0.4, 0.5) is 0 Å². The summed E-state index contributed by atoms with van der Waals surface area (Å²) in [5.41, 5.74) is 3.36. The zero-order valence-corrected chi connectivity index (χ0v) is 6.81. The van der Waals surface area contributed by atoms with Crippen LogP contribution in [-0.2, 0) is 5.11 Å². The van der Waals surface area contributed by atoms with Crippen LogP contribution in [0, 0.1) is 6.92 Å². The maximum Gasteiger partial charge on any atom is 0.183 e. The molecule has 1 heterocycles. The van der Waals surface area contributed by atoms with E-state index >= 15 is 0 Å². The molecule has 0 saturated heterocycles. The second kappa shape index (κ2) is 2.20. The monoisotopic (exact) mass is 164 g/mol. The molecule has 0 aliphatic heterocycles. The van der Waals surface area contributed by atoms with Gasteiger partial charge in [-0.1, -0.05) is 0 Å². The molecule has 2 nitrogen and oxygen atoms in total. The van der Waals surface area contributed by atoms with Crippen molar-refractivity contribution in [3.63, 3.8) is 0 Å². The Labute approximate surface area is 68.1 Å². The van der Waals surface area contributed by atoms with E-state index in [-0.39, 0.29) is 5.75 Å². The second-order valence-electron chi connectivity index (χ2n) is 2.39. The van der Waals surface area contributed by atoms with Crippen LogP contribution in [0.2, 0.25) is 0 Å². The highest BCUT2D eigenvalue weighted by atomic mass is 32.1. The summed E-state index contributed by atoms with van der Waals surface area (Å²) >= 11 is 1.56. The molecule has 55 valence electrons. The van der Waals surface area contributed by atoms with Crippen molar-refractivity contribution >= 4 is 21.6 Å². The van der Waals surface area contributed by atoms with Crippen LogP contribution < -0.4 is 0 Å². The first kappa shape index (κ1) is 6.61. The van der Waals surface area contributed by atoms with Gasteiger partial charge in [0.1, 0.15) is 0 Å². The summed E-state index contributed by atoms with van der Waals surface area (Å²) in [6.07, 6.45) is 0. The SMILES string of the molecule is Cc1c([O])ccc2scnc12. The van der Waals surface area contributed by atoms with Gasteiger partial charge in [-0.05, 0) is 19.1 Å². The van der Waals surface area contributed by atoms with Gasteiger partial charge >= 0.3 is 0 Å². The van der Waals surface area contributed by atoms with Gasteiger partial charge in [0.05, 0.1) is 15.7 Å². The molecule has 0 fully saturated rings. The van der Waals surface area contributed by atoms with E-state index in [4.69, 9.17) is 0 Å². The molecule has 0 unspecified atom stereocenters. The third-order valence-electron chi connectivity index (χ3n) is 1.71. The number of aryl methyl sites for hydroxylation is 1. The number of rotatable bonds is 0. The molecule has 1 radical (unpaired) electrons. The second-order valence-corrected chi connectivity index (χ2v) is 3.27. The van der Waals surface area contributed by atoms with Gasteiger partial charge in [-0.2, -0.15) is 0 Å². The van der Waals surface area contributed by atoms with E-state index in [1.165, 1.54) is 0 Å². The van der Waals surface area contributed by atoms with Crippen molar-refractivity contribution in [3.8, 4) is 5.75 Å². The molecule has 0 aliphatic carbocycles. The van der Waals surface area contributed by atoms with E-state index in [0.29, 0.717) is 0 Å². The molecule has 11 heavy (non-hydrogen) atoms. The van der Waals surface area contributed by atoms with Crippen molar-refractivity contribution in [2.24, 2.45) is 0 Å². The van der Waals surface area contributed by atoms with Crippen molar-refractivity contribution < 1.29 is 5.11 Å². The van der Waals surface area contributed by atoms with Gasteiger partial charge in [-0.15, -0.1) is 11.3 Å². The highest BCUT2D eigenvalue weighted by Crippen LogP contribution is 2.27. The summed E-state index contributed by atoms with van der Waals surface area (Å²) in [5, 5.41) is 11.1. The molecular formula is C8H6NOS. The van der Waals surface area contributed by atoms with Gasteiger partial charge in [0.2, 0.25) is 0 Å². The van der Waals surface area contributed by atoms with Crippen LogP contribution in [0.15, 0.2) is 17.6 Å². The number of hydrogen-bond acceptors (Lipinski definition) is 2. The van der Waals surface area contributed by atoms with Crippen molar-refractivity contribution in [2.75, 3.05) is 0 Å². The topological polar surface area (TPSA) is 32.8 Å². The lowest BCUT2D eigenvalue weighted by atomic mass is 10.2. The van der Waals surface area contributed by atoms with Gasteiger partial charge in [-0.25, -0.2) is 4.98 Å². The van der Waals surface area contributed by atoms with Crippen LogP contribution in [0.1, 0.15) is 5.56 Å². The quantitative estimate of drug-likeness (QED) is 0.589. The first-order chi connectivity index (χ1) is 5.29. The summed E-state index contributed by atoms with van der Waals surface area (Å²) in [5.74, 6) is 0.0726. The molecule has 2 aromatic rings. The Bertz CT molecular complexity index is 394. The van der Waals surface area contributed by atoms with Crippen LogP contribution in [0.3, 0.4) is 0 Å². The Balaban J connectivity index is 2.93. The highest BCUT2D eigenvalue weighted by molar-refractivity contribution is 7.16. The first-order valence-electron chi connectivity index (χ1n) is 3.29. The first-order valence-corrected chi connectivity index (χ1v) is 4.17. The fourth-order valence-electron chi connectivity index (χ4n) is 1.05. The molecule has 0 atom stereocenters. The maximum absolute atomic E-state index is 11.1. The molecule has 0 spiro atoms. The smallest absolute Gasteiger partial charge is 0.183 e. The van der Waals surface area contributed by atoms with Crippen molar-refractivity contribution in [1.29, 1.82) is 0 Å². The molecule has 2 rings (SSSR count). The van der Waals surface area contributed by atoms with Crippen LogP contribution in [0.25, 0.3) is 10.2 Å². The van der Waals surface area contributed by atoms with Gasteiger partial charge in [0.15, 0.2) is 5.75 Å². The molecular weight excluding hydrogens is 158 g/mol. The number of benzene rings is 1. The van der Waals surface area contributed by atoms with Gasteiger partial charge in [-0.3, -0.25) is 5.11 Å². The predicted octanol–water partition coefficient (Wildman–Crippen LogP) is 2.75. The van der Waals surface area contributed by atoms with Crippen molar-refractivity contribution in [2.45, 2.75) is 6.92 Å². The van der Waals surface area contributed by atoms with Crippen LogP contribution >= 0.6 is 11.3 Å². The zero-order valence-electron chi connectivity index (χ0n) is 6.00. The molecule has 1 aromatic heterocycles. The minimum atomic E-state index is 0.0726.